The number of primary amides is 1. The van der Waals surface area contributed by atoms with Gasteiger partial charge in [0.25, 0.3) is 0 Å². The van der Waals surface area contributed by atoms with Crippen LogP contribution < -0.4 is 11.1 Å². The van der Waals surface area contributed by atoms with E-state index in [1.54, 1.807) is 0 Å². The molecule has 1 saturated carbocycles. The van der Waals surface area contributed by atoms with Crippen molar-refractivity contribution in [3.05, 3.63) is 29.8 Å². The third-order valence-electron chi connectivity index (χ3n) is 6.08. The fraction of sp³-hybridized carbons (Fsp3) is 0.571. The minimum atomic E-state index is -0.807. The molecular formula is C21H29N3O4. The van der Waals surface area contributed by atoms with Gasteiger partial charge >= 0.3 is 5.97 Å². The van der Waals surface area contributed by atoms with Crippen LogP contribution in [0.4, 0.5) is 5.69 Å². The minimum Gasteiger partial charge on any atom is -0.481 e. The fourth-order valence-electron chi connectivity index (χ4n) is 4.17. The first-order chi connectivity index (χ1) is 13.4. The Morgan fingerprint density at radius 3 is 2.21 bits per heavy atom. The Hall–Kier alpha value is -2.41. The Morgan fingerprint density at radius 2 is 1.64 bits per heavy atom. The van der Waals surface area contributed by atoms with Crippen molar-refractivity contribution in [2.75, 3.05) is 25.0 Å². The summed E-state index contributed by atoms with van der Waals surface area (Å²) in [6.45, 7) is 2.75. The van der Waals surface area contributed by atoms with E-state index in [-0.39, 0.29) is 23.7 Å². The predicted octanol–water partition coefficient (Wildman–Crippen LogP) is 1.87. The molecule has 1 aliphatic carbocycles. The molecule has 7 nitrogen and oxygen atoms in total. The third-order valence-corrected chi connectivity index (χ3v) is 6.08. The molecule has 1 aromatic carbocycles. The molecule has 3 rings (SSSR count). The monoisotopic (exact) mass is 387 g/mol. The van der Waals surface area contributed by atoms with Crippen LogP contribution in [-0.2, 0) is 20.8 Å². The Kier molecular flexibility index (Phi) is 6.67. The molecule has 0 radical (unpaired) electrons. The van der Waals surface area contributed by atoms with Crippen LogP contribution in [0.2, 0.25) is 0 Å². The van der Waals surface area contributed by atoms with Crippen molar-refractivity contribution < 1.29 is 19.5 Å². The molecule has 1 aromatic rings. The predicted molar refractivity (Wildman–Crippen MR) is 106 cm³/mol. The molecule has 1 aliphatic heterocycles. The quantitative estimate of drug-likeness (QED) is 0.661. The number of anilines is 1. The number of amides is 2. The van der Waals surface area contributed by atoms with Gasteiger partial charge in [-0.05, 0) is 69.3 Å². The number of nitrogens with one attached hydrogen (secondary N) is 1. The number of nitrogens with zero attached hydrogens (tertiary/aromatic N) is 1. The number of benzene rings is 1. The largest absolute Gasteiger partial charge is 0.481 e. The Balaban J connectivity index is 1.42. The number of likely N-dealkylation sites (tertiary alicyclic amines) is 1. The van der Waals surface area contributed by atoms with E-state index in [1.807, 2.05) is 24.3 Å². The topological polar surface area (TPSA) is 113 Å². The molecule has 1 saturated heterocycles. The van der Waals surface area contributed by atoms with E-state index in [9.17, 15) is 14.4 Å². The minimum absolute atomic E-state index is 0.0183. The first-order valence-electron chi connectivity index (χ1n) is 10.1. The van der Waals surface area contributed by atoms with Crippen molar-refractivity contribution in [2.24, 2.45) is 23.5 Å². The molecule has 1 heterocycles. The molecular weight excluding hydrogens is 358 g/mol. The average Bonchev–Trinajstić information content (AvgIpc) is 3.18. The van der Waals surface area contributed by atoms with Gasteiger partial charge in [-0.3, -0.25) is 14.4 Å². The summed E-state index contributed by atoms with van der Waals surface area (Å²) in [5.74, 6) is -1.68. The van der Waals surface area contributed by atoms with Crippen molar-refractivity contribution in [3.8, 4) is 0 Å². The number of carbonyl (C=O) groups is 3. The number of carboxylic acid groups (broad SMARTS) is 1. The van der Waals surface area contributed by atoms with Gasteiger partial charge in [0, 0.05) is 24.1 Å². The second-order valence-electron chi connectivity index (χ2n) is 8.00. The van der Waals surface area contributed by atoms with Gasteiger partial charge in [0.15, 0.2) is 0 Å². The van der Waals surface area contributed by atoms with E-state index in [1.165, 1.54) is 5.56 Å². The number of carbonyl (C=O) groups excluding carboxylic acids is 2. The zero-order chi connectivity index (χ0) is 20.1. The van der Waals surface area contributed by atoms with E-state index in [4.69, 9.17) is 10.8 Å². The molecule has 2 aliphatic rings. The van der Waals surface area contributed by atoms with Crippen molar-refractivity contribution in [1.82, 2.24) is 4.90 Å². The van der Waals surface area contributed by atoms with Gasteiger partial charge in [0.05, 0.1) is 5.92 Å². The van der Waals surface area contributed by atoms with E-state index < -0.39 is 11.9 Å². The summed E-state index contributed by atoms with van der Waals surface area (Å²) < 4.78 is 0. The summed E-state index contributed by atoms with van der Waals surface area (Å²) >= 11 is 0. The van der Waals surface area contributed by atoms with Gasteiger partial charge < -0.3 is 21.1 Å². The van der Waals surface area contributed by atoms with E-state index in [0.29, 0.717) is 19.3 Å². The Morgan fingerprint density at radius 1 is 1.00 bits per heavy atom. The number of hydrogen-bond acceptors (Lipinski definition) is 4. The van der Waals surface area contributed by atoms with Crippen LogP contribution in [0.25, 0.3) is 0 Å². The highest BCUT2D eigenvalue weighted by Crippen LogP contribution is 2.32. The molecule has 0 spiro atoms. The second kappa shape index (κ2) is 9.19. The maximum absolute atomic E-state index is 12.3. The van der Waals surface area contributed by atoms with Crippen LogP contribution >= 0.6 is 0 Å². The summed E-state index contributed by atoms with van der Waals surface area (Å²) in [5.41, 5.74) is 7.31. The fourth-order valence-corrected chi connectivity index (χ4v) is 4.17. The van der Waals surface area contributed by atoms with Gasteiger partial charge in [-0.25, -0.2) is 0 Å². The lowest BCUT2D eigenvalue weighted by Gasteiger charge is -2.30. The first kappa shape index (κ1) is 20.3. The second-order valence-corrected chi connectivity index (χ2v) is 8.00. The SMILES string of the molecule is NC(=O)C1CCN(CCc2ccc(NC(=O)[C@@H]3CC[C@H](C(=O)O)C3)cc2)CC1. The molecule has 28 heavy (non-hydrogen) atoms. The highest BCUT2D eigenvalue weighted by Gasteiger charge is 2.33. The van der Waals surface area contributed by atoms with Crippen molar-refractivity contribution >= 4 is 23.5 Å². The van der Waals surface area contributed by atoms with Crippen molar-refractivity contribution in [1.29, 1.82) is 0 Å². The number of carboxylic acids is 1. The van der Waals surface area contributed by atoms with Crippen molar-refractivity contribution in [3.63, 3.8) is 0 Å². The van der Waals surface area contributed by atoms with E-state index >= 15 is 0 Å². The molecule has 2 amide bonds. The maximum atomic E-state index is 12.3. The van der Waals surface area contributed by atoms with Gasteiger partial charge in [-0.1, -0.05) is 12.1 Å². The standard InChI is InChI=1S/C21H29N3O4/c22-19(25)15-8-11-24(12-9-15)10-7-14-1-5-18(6-2-14)23-20(26)16-3-4-17(13-16)21(27)28/h1-2,5-6,15-17H,3-4,7-13H2,(H2,22,25)(H,23,26)(H,27,28)/t16-,17+/m1/s1. The van der Waals surface area contributed by atoms with E-state index in [0.717, 1.165) is 44.6 Å². The number of piperidine rings is 1. The molecule has 2 atom stereocenters. The third kappa shape index (κ3) is 5.32. The highest BCUT2D eigenvalue weighted by molar-refractivity contribution is 5.93. The average molecular weight is 387 g/mol. The van der Waals surface area contributed by atoms with Gasteiger partial charge in [-0.2, -0.15) is 0 Å². The summed E-state index contributed by atoms with van der Waals surface area (Å²) in [6, 6.07) is 7.83. The smallest absolute Gasteiger partial charge is 0.306 e. The number of rotatable bonds is 7. The Labute approximate surface area is 165 Å². The lowest BCUT2D eigenvalue weighted by molar-refractivity contribution is -0.141. The van der Waals surface area contributed by atoms with Crippen LogP contribution in [0.15, 0.2) is 24.3 Å². The van der Waals surface area contributed by atoms with Gasteiger partial charge in [-0.15, -0.1) is 0 Å². The van der Waals surface area contributed by atoms with Gasteiger partial charge in [0.1, 0.15) is 0 Å². The van der Waals surface area contributed by atoms with Crippen LogP contribution in [-0.4, -0.2) is 47.4 Å². The number of nitrogens with two attached hydrogens (primary N) is 1. The molecule has 7 heteroatoms. The van der Waals surface area contributed by atoms with Crippen LogP contribution in [0.1, 0.15) is 37.7 Å². The van der Waals surface area contributed by atoms with Gasteiger partial charge in [0.2, 0.25) is 11.8 Å². The summed E-state index contributed by atoms with van der Waals surface area (Å²) in [5, 5.41) is 12.0. The molecule has 2 fully saturated rings. The number of hydrogen-bond donors (Lipinski definition) is 3. The van der Waals surface area contributed by atoms with Crippen LogP contribution in [0, 0.1) is 17.8 Å². The lowest BCUT2D eigenvalue weighted by atomic mass is 9.96. The summed E-state index contributed by atoms with van der Waals surface area (Å²) in [6.07, 6.45) is 4.22. The van der Waals surface area contributed by atoms with Crippen LogP contribution in [0.3, 0.4) is 0 Å². The Bertz CT molecular complexity index is 711. The molecule has 152 valence electrons. The summed E-state index contributed by atoms with van der Waals surface area (Å²) in [7, 11) is 0. The lowest BCUT2D eigenvalue weighted by Crippen LogP contribution is -2.39. The molecule has 0 bridgehead atoms. The highest BCUT2D eigenvalue weighted by atomic mass is 16.4. The van der Waals surface area contributed by atoms with Crippen LogP contribution in [0.5, 0.6) is 0 Å². The maximum Gasteiger partial charge on any atom is 0.306 e. The molecule has 0 unspecified atom stereocenters. The van der Waals surface area contributed by atoms with Crippen molar-refractivity contribution in [2.45, 2.75) is 38.5 Å². The molecule has 0 aromatic heterocycles. The zero-order valence-corrected chi connectivity index (χ0v) is 16.1. The first-order valence-corrected chi connectivity index (χ1v) is 10.1. The normalized spacial score (nSPS) is 23.4. The number of aliphatic carboxylic acids is 1. The molecule has 4 N–H and O–H groups in total. The zero-order valence-electron chi connectivity index (χ0n) is 16.1. The summed E-state index contributed by atoms with van der Waals surface area (Å²) in [4.78, 5) is 36.9. The van der Waals surface area contributed by atoms with E-state index in [2.05, 4.69) is 10.2 Å².